The van der Waals surface area contributed by atoms with Crippen molar-refractivity contribution in [1.82, 2.24) is 9.97 Å². The number of hydrogen-bond donors (Lipinski definition) is 4. The van der Waals surface area contributed by atoms with Gasteiger partial charge in [0.05, 0.1) is 10.1 Å². The summed E-state index contributed by atoms with van der Waals surface area (Å²) < 4.78 is 25.7. The molecule has 5 N–H and O–H groups in total. The van der Waals surface area contributed by atoms with E-state index >= 15 is 0 Å². The van der Waals surface area contributed by atoms with Crippen molar-refractivity contribution in [2.24, 2.45) is 5.73 Å². The molecule has 164 valence electrons. The normalized spacial score (nSPS) is 18.6. The van der Waals surface area contributed by atoms with Crippen molar-refractivity contribution in [2.45, 2.75) is 55.2 Å². The van der Waals surface area contributed by atoms with Crippen LogP contribution in [-0.2, 0) is 14.6 Å². The number of halogens is 1. The van der Waals surface area contributed by atoms with Crippen molar-refractivity contribution < 1.29 is 18.3 Å². The summed E-state index contributed by atoms with van der Waals surface area (Å²) in [7, 11) is -3.41. The average Bonchev–Trinajstić information content (AvgIpc) is 3.32. The van der Waals surface area contributed by atoms with Gasteiger partial charge in [-0.3, -0.25) is 9.59 Å². The number of pyridine rings is 1. The molecule has 3 aromatic rings. The number of carboxylic acid groups (broad SMARTS) is 1. The number of hydrogen-bond acceptors (Lipinski definition) is 5. The van der Waals surface area contributed by atoms with Crippen LogP contribution in [0.5, 0.6) is 0 Å². The Bertz CT molecular complexity index is 1200. The predicted octanol–water partition coefficient (Wildman–Crippen LogP) is 2.96. The summed E-state index contributed by atoms with van der Waals surface area (Å²) in [5, 5.41) is 8.95. The minimum absolute atomic E-state index is 0. The zero-order valence-electron chi connectivity index (χ0n) is 16.6. The molecule has 10 heteroatoms. The van der Waals surface area contributed by atoms with E-state index in [1.54, 1.807) is 30.5 Å². The summed E-state index contributed by atoms with van der Waals surface area (Å²) in [5.41, 5.74) is 6.73. The number of nitrogens with two attached hydrogens (primary N) is 1. The quantitative estimate of drug-likeness (QED) is 0.475. The summed E-state index contributed by atoms with van der Waals surface area (Å²) in [6.07, 6.45) is 4.55. The first-order chi connectivity index (χ1) is 13.7. The van der Waals surface area contributed by atoms with Crippen LogP contribution in [0.3, 0.4) is 0 Å². The summed E-state index contributed by atoms with van der Waals surface area (Å²) >= 11 is 0. The SMILES string of the molecule is CCCC(=O)O.Cl.NC1CC[C@@H](S(=O)(=O)c2ccc3[nH]c(=O)c4[nH]ccc4c3c2)C1. The minimum atomic E-state index is -3.41. The number of H-pyrrole nitrogens is 2. The van der Waals surface area contributed by atoms with Gasteiger partial charge in [0.2, 0.25) is 0 Å². The fraction of sp³-hybridized carbons (Fsp3) is 0.400. The number of aromatic nitrogens is 2. The molecule has 2 aromatic heterocycles. The predicted molar refractivity (Wildman–Crippen MR) is 119 cm³/mol. The van der Waals surface area contributed by atoms with Crippen molar-refractivity contribution in [3.63, 3.8) is 0 Å². The number of rotatable bonds is 4. The Morgan fingerprint density at radius 2 is 1.97 bits per heavy atom. The molecule has 1 saturated carbocycles. The Morgan fingerprint density at radius 3 is 2.53 bits per heavy atom. The second-order valence-corrected chi connectivity index (χ2v) is 9.54. The maximum atomic E-state index is 12.8. The molecule has 0 radical (unpaired) electrons. The molecular weight excluding hydrogens is 430 g/mol. The number of fused-ring (bicyclic) bond motifs is 3. The molecule has 2 heterocycles. The lowest BCUT2D eigenvalue weighted by molar-refractivity contribution is -0.137. The number of sulfone groups is 1. The fourth-order valence-electron chi connectivity index (χ4n) is 3.66. The lowest BCUT2D eigenvalue weighted by Crippen LogP contribution is -2.22. The summed E-state index contributed by atoms with van der Waals surface area (Å²) in [6.45, 7) is 1.84. The standard InChI is InChI=1S/C16H17N3O3S.C4H8O2.ClH/c17-9-1-2-10(7-9)23(21,22)11-3-4-14-13(8-11)12-5-6-18-15(12)16(20)19-14;1-2-3-4(5)6;/h3-6,8-10,18H,1-2,7,17H2,(H,19,20);2-3H2,1H3,(H,5,6);1H/t9?,10-;;/m1../s1. The summed E-state index contributed by atoms with van der Waals surface area (Å²) in [6, 6.07) is 6.62. The molecule has 2 atom stereocenters. The monoisotopic (exact) mass is 455 g/mol. The molecule has 8 nitrogen and oxygen atoms in total. The molecule has 1 unspecified atom stereocenters. The number of carbonyl (C=O) groups is 1. The lowest BCUT2D eigenvalue weighted by atomic mass is 10.1. The van der Waals surface area contributed by atoms with Crippen LogP contribution < -0.4 is 11.3 Å². The Morgan fingerprint density at radius 1 is 1.23 bits per heavy atom. The van der Waals surface area contributed by atoms with Gasteiger partial charge in [0.15, 0.2) is 9.84 Å². The van der Waals surface area contributed by atoms with Crippen LogP contribution in [0.4, 0.5) is 0 Å². The highest BCUT2D eigenvalue weighted by Gasteiger charge is 2.34. The van der Waals surface area contributed by atoms with Gasteiger partial charge in [-0.25, -0.2) is 8.42 Å². The van der Waals surface area contributed by atoms with E-state index in [-0.39, 0.29) is 24.0 Å². The van der Waals surface area contributed by atoms with E-state index in [0.717, 1.165) is 23.6 Å². The molecule has 4 rings (SSSR count). The second kappa shape index (κ2) is 9.63. The number of carboxylic acids is 1. The van der Waals surface area contributed by atoms with Crippen LogP contribution in [0, 0.1) is 0 Å². The molecule has 1 aromatic carbocycles. The molecule has 1 fully saturated rings. The van der Waals surface area contributed by atoms with Gasteiger partial charge >= 0.3 is 5.97 Å². The van der Waals surface area contributed by atoms with Gasteiger partial charge in [-0.15, -0.1) is 12.4 Å². The first-order valence-corrected chi connectivity index (χ1v) is 11.1. The molecule has 30 heavy (non-hydrogen) atoms. The zero-order valence-corrected chi connectivity index (χ0v) is 18.2. The number of aromatic amines is 2. The van der Waals surface area contributed by atoms with Crippen molar-refractivity contribution in [2.75, 3.05) is 0 Å². The highest BCUT2D eigenvalue weighted by molar-refractivity contribution is 7.92. The summed E-state index contributed by atoms with van der Waals surface area (Å²) in [4.78, 5) is 27.5. The number of benzene rings is 1. The Labute approximate surface area is 180 Å². The van der Waals surface area contributed by atoms with E-state index in [1.807, 2.05) is 6.92 Å². The van der Waals surface area contributed by atoms with E-state index in [2.05, 4.69) is 9.97 Å². The van der Waals surface area contributed by atoms with E-state index < -0.39 is 21.1 Å². The summed E-state index contributed by atoms with van der Waals surface area (Å²) in [5.74, 6) is -0.711. The Hall–Kier alpha value is -2.36. The van der Waals surface area contributed by atoms with Gasteiger partial charge in [-0.05, 0) is 49.9 Å². The molecule has 0 aliphatic heterocycles. The van der Waals surface area contributed by atoms with Crippen LogP contribution in [0.2, 0.25) is 0 Å². The van der Waals surface area contributed by atoms with Gasteiger partial charge in [0.1, 0.15) is 5.52 Å². The van der Waals surface area contributed by atoms with Crippen molar-refractivity contribution in [3.05, 3.63) is 40.8 Å². The third-order valence-corrected chi connectivity index (χ3v) is 7.38. The van der Waals surface area contributed by atoms with Crippen molar-refractivity contribution in [1.29, 1.82) is 0 Å². The van der Waals surface area contributed by atoms with Crippen molar-refractivity contribution >= 4 is 50.0 Å². The largest absolute Gasteiger partial charge is 0.481 e. The highest BCUT2D eigenvalue weighted by atomic mass is 35.5. The van der Waals surface area contributed by atoms with Gasteiger partial charge in [-0.2, -0.15) is 0 Å². The molecule has 0 bridgehead atoms. The minimum Gasteiger partial charge on any atom is -0.481 e. The molecule has 0 spiro atoms. The highest BCUT2D eigenvalue weighted by Crippen LogP contribution is 2.31. The first-order valence-electron chi connectivity index (χ1n) is 9.58. The van der Waals surface area contributed by atoms with Gasteiger partial charge in [0, 0.05) is 34.9 Å². The van der Waals surface area contributed by atoms with E-state index in [9.17, 15) is 18.0 Å². The number of aliphatic carboxylic acids is 1. The molecule has 0 amide bonds. The Kier molecular flexibility index (Phi) is 7.68. The Balaban J connectivity index is 0.000000405. The van der Waals surface area contributed by atoms with Gasteiger partial charge < -0.3 is 20.8 Å². The molecule has 1 aliphatic carbocycles. The topological polar surface area (TPSA) is 146 Å². The zero-order chi connectivity index (χ0) is 21.2. The molecular formula is C20H26ClN3O5S. The van der Waals surface area contributed by atoms with Crippen LogP contribution in [0.25, 0.3) is 21.8 Å². The van der Waals surface area contributed by atoms with Crippen molar-refractivity contribution in [3.8, 4) is 0 Å². The first kappa shape index (κ1) is 23.9. The third-order valence-electron chi connectivity index (χ3n) is 5.16. The third kappa shape index (κ3) is 4.85. The number of nitrogens with one attached hydrogen (secondary N) is 2. The maximum absolute atomic E-state index is 12.8. The maximum Gasteiger partial charge on any atom is 0.303 e. The van der Waals surface area contributed by atoms with Crippen LogP contribution in [0.1, 0.15) is 39.0 Å². The molecule has 1 aliphatic rings. The van der Waals surface area contributed by atoms with E-state index in [0.29, 0.717) is 35.2 Å². The van der Waals surface area contributed by atoms with Crippen LogP contribution in [-0.4, -0.2) is 40.8 Å². The average molecular weight is 456 g/mol. The second-order valence-electron chi connectivity index (χ2n) is 7.31. The smallest absolute Gasteiger partial charge is 0.303 e. The van der Waals surface area contributed by atoms with E-state index in [1.165, 1.54) is 0 Å². The van der Waals surface area contributed by atoms with Gasteiger partial charge in [-0.1, -0.05) is 6.92 Å². The van der Waals surface area contributed by atoms with Crippen LogP contribution in [0.15, 0.2) is 40.2 Å². The molecule has 0 saturated heterocycles. The van der Waals surface area contributed by atoms with Gasteiger partial charge in [0.25, 0.3) is 5.56 Å². The lowest BCUT2D eigenvalue weighted by Gasteiger charge is -2.12. The van der Waals surface area contributed by atoms with E-state index in [4.69, 9.17) is 10.8 Å². The fourth-order valence-corrected chi connectivity index (χ4v) is 5.53. The van der Waals surface area contributed by atoms with Crippen LogP contribution >= 0.6 is 12.4 Å².